The Bertz CT molecular complexity index is 65.3. The van der Waals surface area contributed by atoms with Crippen molar-refractivity contribution >= 4 is 0 Å². The number of nitrogens with one attached hydrogen (secondary N) is 1. The average Bonchev–Trinajstić information content (AvgIpc) is 1.76. The fraction of sp³-hybridized carbons (Fsp3) is 0. The quantitative estimate of drug-likeness (QED) is 0.537. The van der Waals surface area contributed by atoms with Gasteiger partial charge in [0.25, 0.3) is 0 Å². The van der Waals surface area contributed by atoms with Crippen molar-refractivity contribution in [3.8, 4) is 0 Å². The van der Waals surface area contributed by atoms with E-state index >= 15 is 0 Å². The summed E-state index contributed by atoms with van der Waals surface area (Å²) in [4.78, 5) is 6.17. The minimum absolute atomic E-state index is 0. The molecule has 0 aliphatic carbocycles. The first-order valence-electron chi connectivity index (χ1n) is 1.35. The van der Waals surface area contributed by atoms with Crippen LogP contribution in [0.15, 0.2) is 12.4 Å². The Labute approximate surface area is 55.1 Å². The van der Waals surface area contributed by atoms with Gasteiger partial charge in [0.2, 0.25) is 0 Å². The largest absolute Gasteiger partial charge is 0.467 e. The summed E-state index contributed by atoms with van der Waals surface area (Å²) in [6.45, 7) is 0. The topological polar surface area (TPSA) is 28.7 Å². The molecule has 0 fully saturated rings. The van der Waals surface area contributed by atoms with E-state index in [1.54, 1.807) is 12.4 Å². The van der Waals surface area contributed by atoms with Crippen LogP contribution < -0.4 is 0 Å². The molecule has 0 saturated heterocycles. The molecule has 0 radical (unpaired) electrons. The molecule has 0 spiro atoms. The first-order chi connectivity index (χ1) is 2.50. The van der Waals surface area contributed by atoms with Gasteiger partial charge in [0.1, 0.15) is 0 Å². The van der Waals surface area contributed by atoms with E-state index in [4.69, 9.17) is 0 Å². The number of rotatable bonds is 0. The van der Waals surface area contributed by atoms with E-state index in [2.05, 4.69) is 16.3 Å². The summed E-state index contributed by atoms with van der Waals surface area (Å²) in [5.74, 6) is 0. The summed E-state index contributed by atoms with van der Waals surface area (Å²) in [6, 6.07) is 0. The van der Waals surface area contributed by atoms with Crippen molar-refractivity contribution in [3.63, 3.8) is 0 Å². The minimum atomic E-state index is 0. The van der Waals surface area contributed by atoms with Gasteiger partial charge in [-0.2, -0.15) is 0 Å². The second kappa shape index (κ2) is 3.29. The molecular formula is C3H3N2Zr-. The van der Waals surface area contributed by atoms with Crippen LogP contribution in [0, 0.1) is 6.33 Å². The molecule has 6 heavy (non-hydrogen) atoms. The summed E-state index contributed by atoms with van der Waals surface area (Å²) in [7, 11) is 0. The zero-order valence-electron chi connectivity index (χ0n) is 3.10. The molecule has 0 amide bonds. The Balaban J connectivity index is 0.000000250. The van der Waals surface area contributed by atoms with Gasteiger partial charge in [-0.3, -0.25) is 0 Å². The molecule has 3 heteroatoms. The Morgan fingerprint density at radius 1 is 1.67 bits per heavy atom. The van der Waals surface area contributed by atoms with Crippen molar-refractivity contribution in [2.24, 2.45) is 0 Å². The molecule has 1 rings (SSSR count). The van der Waals surface area contributed by atoms with Crippen molar-refractivity contribution in [1.82, 2.24) is 9.97 Å². The molecule has 30 valence electrons. The molecule has 1 N–H and O–H groups in total. The van der Waals surface area contributed by atoms with Crippen molar-refractivity contribution in [2.45, 2.75) is 0 Å². The number of aromatic nitrogens is 2. The average molecular weight is 158 g/mol. The maximum atomic E-state index is 3.54. The third-order valence-electron chi connectivity index (χ3n) is 0.362. The molecule has 0 unspecified atom stereocenters. The molecule has 1 heterocycles. The summed E-state index contributed by atoms with van der Waals surface area (Å²) >= 11 is 0. The van der Waals surface area contributed by atoms with E-state index in [-0.39, 0.29) is 26.2 Å². The Morgan fingerprint density at radius 2 is 2.50 bits per heavy atom. The molecule has 1 aromatic rings. The van der Waals surface area contributed by atoms with Crippen LogP contribution in [0.5, 0.6) is 0 Å². The zero-order valence-corrected chi connectivity index (χ0v) is 5.56. The number of hydrogen-bond donors (Lipinski definition) is 1. The maximum Gasteiger partial charge on any atom is 0 e. The van der Waals surface area contributed by atoms with E-state index in [9.17, 15) is 0 Å². The molecule has 0 aromatic carbocycles. The summed E-state index contributed by atoms with van der Waals surface area (Å²) < 4.78 is 0. The molecule has 2 nitrogen and oxygen atoms in total. The Morgan fingerprint density at radius 3 is 2.67 bits per heavy atom. The van der Waals surface area contributed by atoms with E-state index in [1.807, 2.05) is 0 Å². The van der Waals surface area contributed by atoms with Gasteiger partial charge in [-0.1, -0.05) is 0 Å². The maximum absolute atomic E-state index is 3.54. The zero-order chi connectivity index (χ0) is 3.54. The number of imidazole rings is 1. The Hall–Kier alpha value is 0.0931. The van der Waals surface area contributed by atoms with Gasteiger partial charge in [0.15, 0.2) is 0 Å². The molecule has 0 saturated carbocycles. The number of nitrogens with zero attached hydrogens (tertiary/aromatic N) is 1. The SMILES string of the molecule is [Zr].[c-]1ncc[nH]1. The van der Waals surface area contributed by atoms with Crippen LogP contribution in [0.3, 0.4) is 0 Å². The van der Waals surface area contributed by atoms with Crippen LogP contribution >= 0.6 is 0 Å². The third-order valence-corrected chi connectivity index (χ3v) is 0.362. The molecule has 0 aliphatic heterocycles. The number of H-pyrrole nitrogens is 1. The predicted molar refractivity (Wildman–Crippen MR) is 17.4 cm³/mol. The minimum Gasteiger partial charge on any atom is -0.467 e. The smallest absolute Gasteiger partial charge is 0 e. The summed E-state index contributed by atoms with van der Waals surface area (Å²) in [5.41, 5.74) is 0. The summed E-state index contributed by atoms with van der Waals surface area (Å²) in [5, 5.41) is 0. The van der Waals surface area contributed by atoms with Crippen LogP contribution in [0.4, 0.5) is 0 Å². The number of hydrogen-bond acceptors (Lipinski definition) is 1. The molecule has 1 aromatic heterocycles. The standard InChI is InChI=1S/C3H3N2.Zr/c1-2-5-3-4-1;/h1-2H,(H,4,5);/q-1;. The van der Waals surface area contributed by atoms with Crippen molar-refractivity contribution in [3.05, 3.63) is 18.7 Å². The van der Waals surface area contributed by atoms with Crippen molar-refractivity contribution in [2.75, 3.05) is 0 Å². The molecule has 0 atom stereocenters. The van der Waals surface area contributed by atoms with Gasteiger partial charge >= 0.3 is 0 Å². The first-order valence-corrected chi connectivity index (χ1v) is 1.35. The fourth-order valence-corrected chi connectivity index (χ4v) is 0.186. The molecule has 0 aliphatic rings. The summed E-state index contributed by atoms with van der Waals surface area (Å²) in [6.07, 6.45) is 5.83. The predicted octanol–water partition coefficient (Wildman–Crippen LogP) is 0.207. The van der Waals surface area contributed by atoms with Crippen molar-refractivity contribution < 1.29 is 26.2 Å². The van der Waals surface area contributed by atoms with E-state index < -0.39 is 0 Å². The van der Waals surface area contributed by atoms with Crippen molar-refractivity contribution in [1.29, 1.82) is 0 Å². The van der Waals surface area contributed by atoms with Gasteiger partial charge in [-0.05, 0) is 6.33 Å². The van der Waals surface area contributed by atoms with Gasteiger partial charge in [0, 0.05) is 26.2 Å². The second-order valence-corrected chi connectivity index (χ2v) is 0.701. The first kappa shape index (κ1) is 6.09. The molecule has 0 bridgehead atoms. The Kier molecular flexibility index (Phi) is 3.34. The van der Waals surface area contributed by atoms with Crippen LogP contribution in [-0.2, 0) is 26.2 Å². The van der Waals surface area contributed by atoms with Crippen LogP contribution in [0.1, 0.15) is 0 Å². The fourth-order valence-electron chi connectivity index (χ4n) is 0.186. The van der Waals surface area contributed by atoms with E-state index in [0.29, 0.717) is 0 Å². The monoisotopic (exact) mass is 157 g/mol. The second-order valence-electron chi connectivity index (χ2n) is 0.701. The van der Waals surface area contributed by atoms with Gasteiger partial charge < -0.3 is 9.97 Å². The van der Waals surface area contributed by atoms with Gasteiger partial charge in [0.05, 0.1) is 0 Å². The normalized spacial score (nSPS) is 6.67. The van der Waals surface area contributed by atoms with Crippen LogP contribution in [0.2, 0.25) is 0 Å². The van der Waals surface area contributed by atoms with Crippen LogP contribution in [-0.4, -0.2) is 9.97 Å². The van der Waals surface area contributed by atoms with Gasteiger partial charge in [-0.15, -0.1) is 12.4 Å². The molecular weight excluding hydrogens is 155 g/mol. The third kappa shape index (κ3) is 1.51. The van der Waals surface area contributed by atoms with E-state index in [0.717, 1.165) is 0 Å². The number of aromatic amines is 1. The van der Waals surface area contributed by atoms with Gasteiger partial charge in [-0.25, -0.2) is 0 Å². The van der Waals surface area contributed by atoms with Crippen LogP contribution in [0.25, 0.3) is 0 Å². The van der Waals surface area contributed by atoms with E-state index in [1.165, 1.54) is 0 Å².